The SMILES string of the molecule is NNc1ncc(Cn2ncccc2=O)s1. The summed E-state index contributed by atoms with van der Waals surface area (Å²) in [5, 5.41) is 4.56. The maximum absolute atomic E-state index is 11.3. The Labute approximate surface area is 89.4 Å². The van der Waals surface area contributed by atoms with E-state index in [0.717, 1.165) is 4.88 Å². The van der Waals surface area contributed by atoms with E-state index in [0.29, 0.717) is 11.7 Å². The lowest BCUT2D eigenvalue weighted by molar-refractivity contribution is 0.644. The Morgan fingerprint density at radius 1 is 1.60 bits per heavy atom. The second-order valence-corrected chi connectivity index (χ2v) is 3.91. The summed E-state index contributed by atoms with van der Waals surface area (Å²) in [6.07, 6.45) is 3.24. The van der Waals surface area contributed by atoms with Crippen molar-refractivity contribution in [3.8, 4) is 0 Å². The molecule has 2 heterocycles. The predicted octanol–water partition coefficient (Wildman–Crippen LogP) is 0.0337. The first kappa shape index (κ1) is 9.81. The van der Waals surface area contributed by atoms with E-state index in [2.05, 4.69) is 15.5 Å². The molecule has 0 saturated carbocycles. The second-order valence-electron chi connectivity index (χ2n) is 2.80. The van der Waals surface area contributed by atoms with Gasteiger partial charge in [0.15, 0.2) is 5.13 Å². The number of anilines is 1. The monoisotopic (exact) mass is 223 g/mol. The maximum Gasteiger partial charge on any atom is 0.267 e. The highest BCUT2D eigenvalue weighted by atomic mass is 32.1. The smallest absolute Gasteiger partial charge is 0.267 e. The average Bonchev–Trinajstić information content (AvgIpc) is 2.69. The minimum atomic E-state index is -0.131. The molecule has 0 amide bonds. The zero-order chi connectivity index (χ0) is 10.7. The fraction of sp³-hybridized carbons (Fsp3) is 0.125. The van der Waals surface area contributed by atoms with Crippen molar-refractivity contribution in [2.45, 2.75) is 6.54 Å². The summed E-state index contributed by atoms with van der Waals surface area (Å²) in [7, 11) is 0. The summed E-state index contributed by atoms with van der Waals surface area (Å²) in [6, 6.07) is 3.08. The Morgan fingerprint density at radius 3 is 3.13 bits per heavy atom. The van der Waals surface area contributed by atoms with Gasteiger partial charge in [0.05, 0.1) is 6.54 Å². The van der Waals surface area contributed by atoms with E-state index in [1.807, 2.05) is 0 Å². The molecule has 0 spiro atoms. The molecule has 0 aliphatic carbocycles. The van der Waals surface area contributed by atoms with Crippen molar-refractivity contribution >= 4 is 16.5 Å². The van der Waals surface area contributed by atoms with Gasteiger partial charge in [0, 0.05) is 23.3 Å². The van der Waals surface area contributed by atoms with Crippen LogP contribution in [0.15, 0.2) is 29.3 Å². The summed E-state index contributed by atoms with van der Waals surface area (Å²) in [5.74, 6) is 5.20. The molecule has 0 aliphatic rings. The van der Waals surface area contributed by atoms with Crippen molar-refractivity contribution in [1.82, 2.24) is 14.8 Å². The lowest BCUT2D eigenvalue weighted by Crippen LogP contribution is -2.21. The van der Waals surface area contributed by atoms with Gasteiger partial charge in [-0.3, -0.25) is 10.2 Å². The molecule has 0 atom stereocenters. The summed E-state index contributed by atoms with van der Waals surface area (Å²) in [5.41, 5.74) is 2.32. The lowest BCUT2D eigenvalue weighted by atomic mass is 10.5. The van der Waals surface area contributed by atoms with Gasteiger partial charge in [-0.25, -0.2) is 15.5 Å². The number of hydrogen-bond acceptors (Lipinski definition) is 6. The summed E-state index contributed by atoms with van der Waals surface area (Å²) in [6.45, 7) is 0.416. The molecule has 3 N–H and O–H groups in total. The van der Waals surface area contributed by atoms with Crippen LogP contribution >= 0.6 is 11.3 Å². The molecule has 0 fully saturated rings. The highest BCUT2D eigenvalue weighted by Gasteiger charge is 2.02. The topological polar surface area (TPSA) is 85.8 Å². The number of nitrogens with two attached hydrogens (primary N) is 1. The zero-order valence-electron chi connectivity index (χ0n) is 7.75. The van der Waals surface area contributed by atoms with Crippen molar-refractivity contribution in [1.29, 1.82) is 0 Å². The third kappa shape index (κ3) is 2.20. The van der Waals surface area contributed by atoms with Gasteiger partial charge < -0.3 is 0 Å². The maximum atomic E-state index is 11.3. The number of nitrogens with zero attached hydrogens (tertiary/aromatic N) is 3. The van der Waals surface area contributed by atoms with Crippen molar-refractivity contribution in [3.63, 3.8) is 0 Å². The number of hydrazine groups is 1. The Bertz CT molecular complexity index is 505. The molecule has 0 saturated heterocycles. The van der Waals surface area contributed by atoms with Crippen molar-refractivity contribution in [2.75, 3.05) is 5.43 Å². The van der Waals surface area contributed by atoms with Crippen LogP contribution in [0, 0.1) is 0 Å². The molecular formula is C8H9N5OS. The largest absolute Gasteiger partial charge is 0.300 e. The molecule has 2 aromatic rings. The van der Waals surface area contributed by atoms with Gasteiger partial charge in [0.25, 0.3) is 5.56 Å². The van der Waals surface area contributed by atoms with E-state index >= 15 is 0 Å². The van der Waals surface area contributed by atoms with E-state index in [1.165, 1.54) is 22.1 Å². The van der Waals surface area contributed by atoms with Gasteiger partial charge in [-0.1, -0.05) is 11.3 Å². The van der Waals surface area contributed by atoms with E-state index in [4.69, 9.17) is 5.84 Å². The van der Waals surface area contributed by atoms with Gasteiger partial charge >= 0.3 is 0 Å². The van der Waals surface area contributed by atoms with Crippen LogP contribution in [0.1, 0.15) is 4.88 Å². The van der Waals surface area contributed by atoms with E-state index in [9.17, 15) is 4.79 Å². The van der Waals surface area contributed by atoms with Crippen LogP contribution in [0.25, 0.3) is 0 Å². The standard InChI is InChI=1S/C8H9N5OS/c9-12-8-10-4-6(15-8)5-13-7(14)2-1-3-11-13/h1-4H,5,9H2,(H,10,12). The number of nitrogen functional groups attached to an aromatic ring is 1. The summed E-state index contributed by atoms with van der Waals surface area (Å²) < 4.78 is 1.37. The van der Waals surface area contributed by atoms with Crippen molar-refractivity contribution < 1.29 is 0 Å². The zero-order valence-corrected chi connectivity index (χ0v) is 8.57. The van der Waals surface area contributed by atoms with Crippen LogP contribution in [0.3, 0.4) is 0 Å². The number of aromatic nitrogens is 3. The molecule has 0 bridgehead atoms. The first-order chi connectivity index (χ1) is 7.29. The van der Waals surface area contributed by atoms with Crippen LogP contribution in [-0.2, 0) is 6.54 Å². The number of rotatable bonds is 3. The van der Waals surface area contributed by atoms with Crippen molar-refractivity contribution in [2.24, 2.45) is 5.84 Å². The van der Waals surface area contributed by atoms with Gasteiger partial charge in [-0.05, 0) is 6.07 Å². The highest BCUT2D eigenvalue weighted by Crippen LogP contribution is 2.16. The average molecular weight is 223 g/mol. The Morgan fingerprint density at radius 2 is 2.47 bits per heavy atom. The Hall–Kier alpha value is -1.73. The summed E-state index contributed by atoms with van der Waals surface area (Å²) >= 11 is 1.39. The van der Waals surface area contributed by atoms with E-state index < -0.39 is 0 Å². The van der Waals surface area contributed by atoms with Crippen LogP contribution in [-0.4, -0.2) is 14.8 Å². The second kappa shape index (κ2) is 4.20. The van der Waals surface area contributed by atoms with E-state index in [-0.39, 0.29) is 5.56 Å². The quantitative estimate of drug-likeness (QED) is 0.566. The molecule has 78 valence electrons. The molecule has 2 aromatic heterocycles. The molecule has 2 rings (SSSR count). The van der Waals surface area contributed by atoms with E-state index in [1.54, 1.807) is 18.5 Å². The lowest BCUT2D eigenvalue weighted by Gasteiger charge is -1.99. The third-order valence-corrected chi connectivity index (χ3v) is 2.68. The third-order valence-electron chi connectivity index (χ3n) is 1.77. The van der Waals surface area contributed by atoms with Crippen LogP contribution in [0.2, 0.25) is 0 Å². The molecule has 0 aliphatic heterocycles. The van der Waals surface area contributed by atoms with Gasteiger partial charge in [-0.15, -0.1) is 0 Å². The molecule has 0 aromatic carbocycles. The Kier molecular flexibility index (Phi) is 2.75. The summed E-state index contributed by atoms with van der Waals surface area (Å²) in [4.78, 5) is 16.3. The van der Waals surface area contributed by atoms with Gasteiger partial charge in [0.2, 0.25) is 0 Å². The molecule has 15 heavy (non-hydrogen) atoms. The first-order valence-corrected chi connectivity index (χ1v) is 5.04. The van der Waals surface area contributed by atoms with Gasteiger partial charge in [0.1, 0.15) is 0 Å². The first-order valence-electron chi connectivity index (χ1n) is 4.23. The predicted molar refractivity (Wildman–Crippen MR) is 57.5 cm³/mol. The van der Waals surface area contributed by atoms with Gasteiger partial charge in [-0.2, -0.15) is 5.10 Å². The fourth-order valence-corrected chi connectivity index (χ4v) is 1.81. The minimum absolute atomic E-state index is 0.131. The minimum Gasteiger partial charge on any atom is -0.300 e. The fourth-order valence-electron chi connectivity index (χ4n) is 1.10. The molecule has 0 radical (unpaired) electrons. The Balaban J connectivity index is 2.22. The molecule has 0 unspecified atom stereocenters. The van der Waals surface area contributed by atoms with Crippen LogP contribution in [0.5, 0.6) is 0 Å². The number of thiazole rings is 1. The highest BCUT2D eigenvalue weighted by molar-refractivity contribution is 7.15. The molecule has 7 heteroatoms. The molecular weight excluding hydrogens is 214 g/mol. The normalized spacial score (nSPS) is 10.2. The number of hydrogen-bond donors (Lipinski definition) is 2. The van der Waals surface area contributed by atoms with Crippen molar-refractivity contribution in [3.05, 3.63) is 39.8 Å². The van der Waals surface area contributed by atoms with Crippen LogP contribution in [0.4, 0.5) is 5.13 Å². The van der Waals surface area contributed by atoms with Crippen LogP contribution < -0.4 is 16.8 Å². The molecule has 6 nitrogen and oxygen atoms in total. The number of nitrogens with one attached hydrogen (secondary N) is 1.